The predicted octanol–water partition coefficient (Wildman–Crippen LogP) is 2.95. The minimum atomic E-state index is -6.08. The van der Waals surface area contributed by atoms with Gasteiger partial charge in [-0.3, -0.25) is 8.98 Å². The molecule has 0 amide bonds. The lowest BCUT2D eigenvalue weighted by molar-refractivity contribution is -0.163. The van der Waals surface area contributed by atoms with Gasteiger partial charge in [0.2, 0.25) is 0 Å². The van der Waals surface area contributed by atoms with Gasteiger partial charge in [-0.05, 0) is 42.1 Å². The van der Waals surface area contributed by atoms with Gasteiger partial charge >= 0.3 is 21.8 Å². The number of carbonyl (C=O) groups excluding carboxylic acids is 2. The monoisotopic (exact) mass is 508 g/mol. The van der Waals surface area contributed by atoms with Gasteiger partial charge in [-0.25, -0.2) is 4.79 Å². The second kappa shape index (κ2) is 6.56. The molecule has 2 spiro atoms. The quantitative estimate of drug-likeness (QED) is 0.262. The van der Waals surface area contributed by atoms with Crippen LogP contribution < -0.4 is 0 Å². The van der Waals surface area contributed by atoms with E-state index in [1.165, 1.54) is 6.92 Å². The molecule has 0 aromatic heterocycles. The molecule has 10 atom stereocenters. The minimum Gasteiger partial charge on any atom is -0.426 e. The molecular weight excluding hydrogens is 481 g/mol. The fraction of sp³-hybridized carbons (Fsp3) is 0.818. The summed E-state index contributed by atoms with van der Waals surface area (Å²) >= 11 is 0. The van der Waals surface area contributed by atoms with E-state index in [0.717, 1.165) is 0 Å². The summed E-state index contributed by atoms with van der Waals surface area (Å²) in [6.45, 7) is 8.53. The highest BCUT2D eigenvalue weighted by molar-refractivity contribution is 7.87. The minimum absolute atomic E-state index is 0.0965. The van der Waals surface area contributed by atoms with Crippen LogP contribution in [0.5, 0.6) is 0 Å². The normalized spacial score (nSPS) is 49.0. The number of halogens is 3. The molecule has 8 nitrogen and oxygen atoms in total. The molecule has 1 heterocycles. The standard InChI is InChI=1S/C22H27F3O8S/c1-8-7-20-9(2)6-11-13(19(11,4)5)12(16(20)27)14(33-34(29,30)22(23,24)25)10(3)17-21(20,15(8)26)32-18(28)31-17/h7,9-15,17,26H,6H2,1-5H3/t9-,10+,11-,12-,13-,14-,15+,17-,20+,21-/m1/s1. The number of Topliss-reactive ketones (excluding diaryl/α,β-unsaturated/α-hetero) is 1. The zero-order valence-corrected chi connectivity index (χ0v) is 20.1. The zero-order valence-electron chi connectivity index (χ0n) is 19.3. The number of ketones is 1. The van der Waals surface area contributed by atoms with Gasteiger partial charge in [-0.1, -0.05) is 33.8 Å². The molecule has 12 heteroatoms. The topological polar surface area (TPSA) is 116 Å². The Morgan fingerprint density at radius 3 is 2.41 bits per heavy atom. The Morgan fingerprint density at radius 1 is 1.21 bits per heavy atom. The second-order valence-electron chi connectivity index (χ2n) is 11.1. The van der Waals surface area contributed by atoms with Crippen LogP contribution in [0, 0.1) is 40.4 Å². The van der Waals surface area contributed by atoms with Crippen LogP contribution >= 0.6 is 0 Å². The van der Waals surface area contributed by atoms with Gasteiger partial charge < -0.3 is 14.6 Å². The van der Waals surface area contributed by atoms with Crippen molar-refractivity contribution in [2.45, 2.75) is 70.5 Å². The van der Waals surface area contributed by atoms with Crippen molar-refractivity contribution < 1.29 is 49.9 Å². The number of aliphatic hydroxyl groups is 1. The first-order valence-corrected chi connectivity index (χ1v) is 12.7. The van der Waals surface area contributed by atoms with Gasteiger partial charge in [0.25, 0.3) is 0 Å². The number of hydrogen-bond donors (Lipinski definition) is 1. The van der Waals surface area contributed by atoms with Crippen molar-refractivity contribution in [3.63, 3.8) is 0 Å². The molecule has 4 fully saturated rings. The maximum Gasteiger partial charge on any atom is 0.523 e. The Bertz CT molecular complexity index is 1110. The third kappa shape index (κ3) is 2.54. The summed E-state index contributed by atoms with van der Waals surface area (Å²) in [5, 5.41) is 11.3. The predicted molar refractivity (Wildman–Crippen MR) is 108 cm³/mol. The molecule has 1 aliphatic heterocycles. The Kier molecular flexibility index (Phi) is 4.64. The fourth-order valence-corrected chi connectivity index (χ4v) is 8.44. The number of ether oxygens (including phenoxy) is 2. The van der Waals surface area contributed by atoms with Crippen LogP contribution in [0.4, 0.5) is 18.0 Å². The summed E-state index contributed by atoms with van der Waals surface area (Å²) in [4.78, 5) is 26.9. The Labute approximate surface area is 194 Å². The number of carbonyl (C=O) groups is 2. The van der Waals surface area contributed by atoms with E-state index in [4.69, 9.17) is 13.7 Å². The van der Waals surface area contributed by atoms with Gasteiger partial charge in [0, 0.05) is 5.92 Å². The molecule has 2 bridgehead atoms. The lowest BCUT2D eigenvalue weighted by Crippen LogP contribution is -2.64. The highest BCUT2D eigenvalue weighted by Gasteiger charge is 2.82. The van der Waals surface area contributed by atoms with E-state index in [9.17, 15) is 36.3 Å². The van der Waals surface area contributed by atoms with Gasteiger partial charge in [0.05, 0.1) is 17.4 Å². The van der Waals surface area contributed by atoms with Crippen molar-refractivity contribution in [2.75, 3.05) is 0 Å². The molecule has 4 aliphatic carbocycles. The number of aliphatic hydroxyl groups excluding tert-OH is 1. The van der Waals surface area contributed by atoms with Crippen LogP contribution in [0.25, 0.3) is 0 Å². The SMILES string of the molecule is CC1=C[C@]23C(=O)[C@@H]([C@H](OS(=O)(=O)C(F)(F)F)[C@H](C)[C@H]4OC(=O)O[C@]42[C@H]1O)[C@H]1[C@@H](C[C@H]3C)C1(C)C. The number of fused-ring (bicyclic) bond motifs is 3. The second-order valence-corrected chi connectivity index (χ2v) is 12.7. The smallest absolute Gasteiger partial charge is 0.426 e. The number of rotatable bonds is 2. The van der Waals surface area contributed by atoms with Crippen LogP contribution in [0.1, 0.15) is 41.0 Å². The summed E-state index contributed by atoms with van der Waals surface area (Å²) in [7, 11) is -6.08. The van der Waals surface area contributed by atoms with Crippen LogP contribution in [-0.4, -0.2) is 54.9 Å². The molecule has 0 radical (unpaired) electrons. The molecule has 1 saturated heterocycles. The molecule has 190 valence electrons. The molecular formula is C22H27F3O8S. The number of hydrogen-bond acceptors (Lipinski definition) is 8. The van der Waals surface area contributed by atoms with Crippen molar-refractivity contribution in [3.05, 3.63) is 11.6 Å². The highest BCUT2D eigenvalue weighted by atomic mass is 32.2. The van der Waals surface area contributed by atoms with Crippen LogP contribution in [0.15, 0.2) is 11.6 Å². The molecule has 0 aromatic carbocycles. The van der Waals surface area contributed by atoms with Gasteiger partial charge in [-0.2, -0.15) is 21.6 Å². The molecule has 0 aromatic rings. The molecule has 5 aliphatic rings. The van der Waals surface area contributed by atoms with Crippen molar-refractivity contribution in [1.29, 1.82) is 0 Å². The van der Waals surface area contributed by atoms with E-state index in [0.29, 0.717) is 12.0 Å². The Morgan fingerprint density at radius 2 is 1.82 bits per heavy atom. The third-order valence-electron chi connectivity index (χ3n) is 9.33. The zero-order chi connectivity index (χ0) is 25.4. The third-order valence-corrected chi connectivity index (χ3v) is 10.4. The summed E-state index contributed by atoms with van der Waals surface area (Å²) in [6, 6.07) is 0. The highest BCUT2D eigenvalue weighted by Crippen LogP contribution is 2.74. The average Bonchev–Trinajstić information content (AvgIpc) is 3.00. The van der Waals surface area contributed by atoms with E-state index in [1.807, 2.05) is 13.8 Å². The molecule has 5 rings (SSSR count). The van der Waals surface area contributed by atoms with E-state index in [-0.39, 0.29) is 5.92 Å². The Balaban J connectivity index is 1.78. The Hall–Kier alpha value is -1.66. The van der Waals surface area contributed by atoms with Gasteiger partial charge in [-0.15, -0.1) is 0 Å². The number of alkyl halides is 3. The van der Waals surface area contributed by atoms with Gasteiger partial charge in [0.15, 0.2) is 17.5 Å². The lowest BCUT2D eigenvalue weighted by Gasteiger charge is -2.46. The van der Waals surface area contributed by atoms with Crippen LogP contribution in [-0.2, 0) is 28.6 Å². The first kappa shape index (κ1) is 24.1. The summed E-state index contributed by atoms with van der Waals surface area (Å²) < 4.78 is 80.1. The molecule has 1 N–H and O–H groups in total. The van der Waals surface area contributed by atoms with Crippen molar-refractivity contribution in [1.82, 2.24) is 0 Å². The van der Waals surface area contributed by atoms with E-state index < -0.39 is 86.0 Å². The lowest BCUT2D eigenvalue weighted by atomic mass is 9.59. The van der Waals surface area contributed by atoms with Crippen molar-refractivity contribution in [3.8, 4) is 0 Å². The fourth-order valence-electron chi connectivity index (χ4n) is 7.75. The van der Waals surface area contributed by atoms with Crippen molar-refractivity contribution >= 4 is 22.1 Å². The molecule has 3 saturated carbocycles. The van der Waals surface area contributed by atoms with E-state index >= 15 is 0 Å². The molecule has 0 unspecified atom stereocenters. The maximum atomic E-state index is 14.5. The van der Waals surface area contributed by atoms with E-state index in [1.54, 1.807) is 19.9 Å². The van der Waals surface area contributed by atoms with Gasteiger partial charge in [0.1, 0.15) is 6.10 Å². The van der Waals surface area contributed by atoms with Crippen molar-refractivity contribution in [2.24, 2.45) is 40.4 Å². The average molecular weight is 509 g/mol. The van der Waals surface area contributed by atoms with E-state index in [2.05, 4.69) is 0 Å². The largest absolute Gasteiger partial charge is 0.523 e. The van der Waals surface area contributed by atoms with Crippen LogP contribution in [0.2, 0.25) is 0 Å². The van der Waals surface area contributed by atoms with Crippen LogP contribution in [0.3, 0.4) is 0 Å². The maximum absolute atomic E-state index is 14.5. The first-order valence-electron chi connectivity index (χ1n) is 11.3. The molecule has 34 heavy (non-hydrogen) atoms. The first-order chi connectivity index (χ1) is 15.4. The summed E-state index contributed by atoms with van der Waals surface area (Å²) in [5.74, 6) is -4.05. The summed E-state index contributed by atoms with van der Waals surface area (Å²) in [6.07, 6.45) is -3.79. The summed E-state index contributed by atoms with van der Waals surface area (Å²) in [5.41, 5.74) is -9.30.